The molecule has 1 atom stereocenters. The average molecular weight is 302 g/mol. The number of aliphatic carboxylic acids is 1. The van der Waals surface area contributed by atoms with Gasteiger partial charge in [0, 0.05) is 6.04 Å². The summed E-state index contributed by atoms with van der Waals surface area (Å²) >= 11 is 6.03. The fourth-order valence-electron chi connectivity index (χ4n) is 1.90. The molecule has 7 heteroatoms. The predicted octanol–water partition coefficient (Wildman–Crippen LogP) is 1.87. The highest BCUT2D eigenvalue weighted by atomic mass is 35.5. The standard InChI is InChI=1S/C13H20ClN3O3/c1-5-8(2)16(7-12(19)20)11(18)6-17-10(4)13(14)9(3)15-17/h8H,5-7H2,1-4H3,(H,19,20). The topological polar surface area (TPSA) is 75.4 Å². The van der Waals surface area contributed by atoms with Gasteiger partial charge in [0.15, 0.2) is 0 Å². The van der Waals surface area contributed by atoms with Gasteiger partial charge in [0.25, 0.3) is 0 Å². The smallest absolute Gasteiger partial charge is 0.323 e. The van der Waals surface area contributed by atoms with Gasteiger partial charge in [-0.15, -0.1) is 0 Å². The molecule has 0 bridgehead atoms. The van der Waals surface area contributed by atoms with Crippen molar-refractivity contribution in [3.8, 4) is 0 Å². The van der Waals surface area contributed by atoms with Crippen molar-refractivity contribution in [3.63, 3.8) is 0 Å². The first-order chi connectivity index (χ1) is 9.27. The van der Waals surface area contributed by atoms with Crippen LogP contribution in [-0.2, 0) is 16.1 Å². The lowest BCUT2D eigenvalue weighted by Gasteiger charge is -2.27. The summed E-state index contributed by atoms with van der Waals surface area (Å²) in [5, 5.41) is 13.6. The van der Waals surface area contributed by atoms with E-state index in [2.05, 4.69) is 5.10 Å². The molecule has 20 heavy (non-hydrogen) atoms. The van der Waals surface area contributed by atoms with E-state index in [0.29, 0.717) is 22.8 Å². The maximum atomic E-state index is 12.3. The Morgan fingerprint density at radius 1 is 1.45 bits per heavy atom. The molecule has 1 N–H and O–H groups in total. The zero-order valence-corrected chi connectivity index (χ0v) is 12.9. The van der Waals surface area contributed by atoms with Gasteiger partial charge < -0.3 is 10.0 Å². The molecule has 1 aromatic rings. The van der Waals surface area contributed by atoms with Gasteiger partial charge in [-0.2, -0.15) is 5.10 Å². The predicted molar refractivity (Wildman–Crippen MR) is 75.8 cm³/mol. The molecule has 1 aromatic heterocycles. The molecule has 6 nitrogen and oxygen atoms in total. The second kappa shape index (κ2) is 6.74. The van der Waals surface area contributed by atoms with Crippen molar-refractivity contribution in [1.29, 1.82) is 0 Å². The summed E-state index contributed by atoms with van der Waals surface area (Å²) in [6.07, 6.45) is 0.691. The number of carboxylic acids is 1. The highest BCUT2D eigenvalue weighted by molar-refractivity contribution is 6.31. The van der Waals surface area contributed by atoms with Gasteiger partial charge in [0.2, 0.25) is 5.91 Å². The van der Waals surface area contributed by atoms with E-state index in [4.69, 9.17) is 16.7 Å². The van der Waals surface area contributed by atoms with E-state index in [1.165, 1.54) is 9.58 Å². The summed E-state index contributed by atoms with van der Waals surface area (Å²) in [7, 11) is 0. The molecule has 0 radical (unpaired) electrons. The van der Waals surface area contributed by atoms with Crippen LogP contribution in [-0.4, -0.2) is 44.3 Å². The summed E-state index contributed by atoms with van der Waals surface area (Å²) in [5.41, 5.74) is 1.36. The summed E-state index contributed by atoms with van der Waals surface area (Å²) in [6, 6.07) is -0.133. The summed E-state index contributed by atoms with van der Waals surface area (Å²) in [6.45, 7) is 6.97. The number of aromatic nitrogens is 2. The van der Waals surface area contributed by atoms with E-state index in [0.717, 1.165) is 0 Å². The third-order valence-corrected chi connectivity index (χ3v) is 3.87. The van der Waals surface area contributed by atoms with Crippen LogP contribution in [0.2, 0.25) is 5.02 Å². The van der Waals surface area contributed by atoms with Crippen molar-refractivity contribution in [2.24, 2.45) is 0 Å². The Balaban J connectivity index is 2.90. The third kappa shape index (κ3) is 3.72. The van der Waals surface area contributed by atoms with Crippen molar-refractivity contribution in [3.05, 3.63) is 16.4 Å². The number of halogens is 1. The molecule has 1 rings (SSSR count). The van der Waals surface area contributed by atoms with E-state index >= 15 is 0 Å². The number of carboxylic acid groups (broad SMARTS) is 1. The first kappa shape index (κ1) is 16.5. The second-order valence-electron chi connectivity index (χ2n) is 4.82. The molecular formula is C13H20ClN3O3. The molecule has 0 aliphatic heterocycles. The van der Waals surface area contributed by atoms with E-state index < -0.39 is 5.97 Å². The van der Waals surface area contributed by atoms with Crippen LogP contribution in [0, 0.1) is 13.8 Å². The Morgan fingerprint density at radius 3 is 2.45 bits per heavy atom. The quantitative estimate of drug-likeness (QED) is 0.870. The van der Waals surface area contributed by atoms with Crippen LogP contribution in [0.4, 0.5) is 0 Å². The molecular weight excluding hydrogens is 282 g/mol. The zero-order chi connectivity index (χ0) is 15.4. The Labute approximate surface area is 123 Å². The fraction of sp³-hybridized carbons (Fsp3) is 0.615. The molecule has 0 aliphatic carbocycles. The minimum absolute atomic E-state index is 0.00296. The molecule has 1 amide bonds. The molecule has 1 unspecified atom stereocenters. The van der Waals surface area contributed by atoms with Gasteiger partial charge in [-0.1, -0.05) is 18.5 Å². The van der Waals surface area contributed by atoms with Gasteiger partial charge in [-0.05, 0) is 27.2 Å². The van der Waals surface area contributed by atoms with Gasteiger partial charge in [0.05, 0.1) is 16.4 Å². The van der Waals surface area contributed by atoms with Crippen molar-refractivity contribution < 1.29 is 14.7 Å². The minimum Gasteiger partial charge on any atom is -0.480 e. The maximum Gasteiger partial charge on any atom is 0.323 e. The zero-order valence-electron chi connectivity index (χ0n) is 12.2. The van der Waals surface area contributed by atoms with E-state index in [-0.39, 0.29) is 25.0 Å². The first-order valence-corrected chi connectivity index (χ1v) is 6.86. The monoisotopic (exact) mass is 301 g/mol. The van der Waals surface area contributed by atoms with Crippen LogP contribution in [0.15, 0.2) is 0 Å². The van der Waals surface area contributed by atoms with E-state index in [9.17, 15) is 9.59 Å². The molecule has 0 saturated heterocycles. The van der Waals surface area contributed by atoms with E-state index in [1.54, 1.807) is 13.8 Å². The lowest BCUT2D eigenvalue weighted by Crippen LogP contribution is -2.43. The van der Waals surface area contributed by atoms with Crippen molar-refractivity contribution in [1.82, 2.24) is 14.7 Å². The van der Waals surface area contributed by atoms with Gasteiger partial charge in [-0.3, -0.25) is 14.3 Å². The SMILES string of the molecule is CCC(C)N(CC(=O)O)C(=O)Cn1nc(C)c(Cl)c1C. The Bertz CT molecular complexity index is 513. The van der Waals surface area contributed by atoms with Gasteiger partial charge >= 0.3 is 5.97 Å². The van der Waals surface area contributed by atoms with E-state index in [1.807, 2.05) is 13.8 Å². The van der Waals surface area contributed by atoms with Gasteiger partial charge in [-0.25, -0.2) is 0 Å². The number of rotatable bonds is 6. The highest BCUT2D eigenvalue weighted by Gasteiger charge is 2.23. The lowest BCUT2D eigenvalue weighted by atomic mass is 10.2. The molecule has 0 saturated carbocycles. The summed E-state index contributed by atoms with van der Waals surface area (Å²) in [4.78, 5) is 24.5. The van der Waals surface area contributed by atoms with Crippen molar-refractivity contribution in [2.45, 2.75) is 46.7 Å². The van der Waals surface area contributed by atoms with Crippen LogP contribution in [0.1, 0.15) is 31.7 Å². The van der Waals surface area contributed by atoms with Crippen LogP contribution in [0.25, 0.3) is 0 Å². The lowest BCUT2D eigenvalue weighted by molar-refractivity contribution is -0.146. The molecule has 112 valence electrons. The van der Waals surface area contributed by atoms with Crippen LogP contribution in [0.5, 0.6) is 0 Å². The molecule has 0 aromatic carbocycles. The minimum atomic E-state index is -1.02. The number of amides is 1. The molecule has 0 spiro atoms. The number of nitrogens with zero attached hydrogens (tertiary/aromatic N) is 3. The van der Waals surface area contributed by atoms with Crippen LogP contribution in [0.3, 0.4) is 0 Å². The molecule has 0 fully saturated rings. The summed E-state index contributed by atoms with van der Waals surface area (Å²) < 4.78 is 1.51. The Hall–Kier alpha value is -1.56. The van der Waals surface area contributed by atoms with Gasteiger partial charge in [0.1, 0.15) is 13.1 Å². The number of carbonyl (C=O) groups excluding carboxylic acids is 1. The van der Waals surface area contributed by atoms with Crippen LogP contribution < -0.4 is 0 Å². The number of aryl methyl sites for hydroxylation is 1. The van der Waals surface area contributed by atoms with Crippen molar-refractivity contribution in [2.75, 3.05) is 6.54 Å². The third-order valence-electron chi connectivity index (χ3n) is 3.33. The maximum absolute atomic E-state index is 12.3. The summed E-state index contributed by atoms with van der Waals surface area (Å²) in [5.74, 6) is -1.30. The van der Waals surface area contributed by atoms with Crippen LogP contribution >= 0.6 is 11.6 Å². The number of hydrogen-bond acceptors (Lipinski definition) is 3. The Morgan fingerprint density at radius 2 is 2.05 bits per heavy atom. The largest absolute Gasteiger partial charge is 0.480 e. The number of hydrogen-bond donors (Lipinski definition) is 1. The van der Waals surface area contributed by atoms with Crippen molar-refractivity contribution >= 4 is 23.5 Å². The highest BCUT2D eigenvalue weighted by Crippen LogP contribution is 2.19. The molecule has 0 aliphatic rings. The normalized spacial score (nSPS) is 12.2. The Kier molecular flexibility index (Phi) is 5.56. The number of carbonyl (C=O) groups is 2. The average Bonchev–Trinajstić information content (AvgIpc) is 2.62. The second-order valence-corrected chi connectivity index (χ2v) is 5.19. The first-order valence-electron chi connectivity index (χ1n) is 6.48. The molecule has 1 heterocycles. The fourth-order valence-corrected chi connectivity index (χ4v) is 2.04.